The van der Waals surface area contributed by atoms with E-state index in [1.54, 1.807) is 0 Å². The third-order valence-electron chi connectivity index (χ3n) is 1.22. The SMILES string of the molecule is Cc1cc(C)c[c]([Ti])c1.Cl.Cl. The fourth-order valence-corrected chi connectivity index (χ4v) is 1.69. The van der Waals surface area contributed by atoms with Crippen LogP contribution in [0, 0.1) is 13.8 Å². The molecule has 0 N–H and O–H groups in total. The van der Waals surface area contributed by atoms with Crippen LogP contribution >= 0.6 is 24.8 Å². The Labute approximate surface area is 92.0 Å². The Balaban J connectivity index is 0. The molecule has 1 aromatic rings. The zero-order valence-corrected chi connectivity index (χ0v) is 9.74. The molecule has 11 heavy (non-hydrogen) atoms. The van der Waals surface area contributed by atoms with Gasteiger partial charge in [-0.2, -0.15) is 0 Å². The number of halogens is 2. The molecule has 61 valence electrons. The summed E-state index contributed by atoms with van der Waals surface area (Å²) in [5.74, 6) is 0. The second kappa shape index (κ2) is 6.08. The maximum Gasteiger partial charge on any atom is -0.147 e. The van der Waals surface area contributed by atoms with E-state index in [4.69, 9.17) is 0 Å². The molecule has 0 radical (unpaired) electrons. The minimum Gasteiger partial charge on any atom is -0.147 e. The molecule has 0 saturated heterocycles. The Morgan fingerprint density at radius 1 is 0.909 bits per heavy atom. The molecule has 0 atom stereocenters. The van der Waals surface area contributed by atoms with Gasteiger partial charge in [0.25, 0.3) is 0 Å². The summed E-state index contributed by atoms with van der Waals surface area (Å²) in [5, 5.41) is 0. The van der Waals surface area contributed by atoms with Gasteiger partial charge in [0.1, 0.15) is 0 Å². The minimum atomic E-state index is 0. The average molecular weight is 226 g/mol. The molecule has 0 aromatic heterocycles. The Morgan fingerprint density at radius 3 is 1.55 bits per heavy atom. The topological polar surface area (TPSA) is 0 Å². The predicted octanol–water partition coefficient (Wildman–Crippen LogP) is 2.32. The maximum atomic E-state index is 2.19. The first-order valence-electron chi connectivity index (χ1n) is 2.98. The molecule has 0 aliphatic carbocycles. The molecule has 0 nitrogen and oxygen atoms in total. The first kappa shape index (κ1) is 14.1. The van der Waals surface area contributed by atoms with Crippen LogP contribution in [0.5, 0.6) is 0 Å². The van der Waals surface area contributed by atoms with Crippen LogP contribution in [0.15, 0.2) is 18.2 Å². The van der Waals surface area contributed by atoms with Crippen molar-refractivity contribution in [1.29, 1.82) is 0 Å². The smallest absolute Gasteiger partial charge is 0.147 e. The number of rotatable bonds is 0. The summed E-state index contributed by atoms with van der Waals surface area (Å²) in [4.78, 5) is 0. The van der Waals surface area contributed by atoms with E-state index in [1.807, 2.05) is 0 Å². The summed E-state index contributed by atoms with van der Waals surface area (Å²) in [6.45, 7) is 4.25. The van der Waals surface area contributed by atoms with Crippen molar-refractivity contribution >= 4 is 28.7 Å². The summed E-state index contributed by atoms with van der Waals surface area (Å²) >= 11 is 2.12. The van der Waals surface area contributed by atoms with E-state index < -0.39 is 0 Å². The quantitative estimate of drug-likeness (QED) is 0.595. The maximum absolute atomic E-state index is 2.19. The molecule has 0 amide bonds. The number of hydrogen-bond acceptors (Lipinski definition) is 0. The van der Waals surface area contributed by atoms with Gasteiger partial charge in [-0.05, 0) is 0 Å². The third kappa shape index (κ3) is 4.87. The molecule has 3 heteroatoms. The Morgan fingerprint density at radius 2 is 1.27 bits per heavy atom. The number of aryl methyl sites for hydroxylation is 2. The van der Waals surface area contributed by atoms with Crippen LogP contribution in [0.4, 0.5) is 0 Å². The van der Waals surface area contributed by atoms with Gasteiger partial charge in [-0.3, -0.25) is 0 Å². The fourth-order valence-electron chi connectivity index (χ4n) is 0.975. The summed E-state index contributed by atoms with van der Waals surface area (Å²) < 4.78 is 1.35. The van der Waals surface area contributed by atoms with Crippen molar-refractivity contribution in [2.75, 3.05) is 0 Å². The largest absolute Gasteiger partial charge is 0.147 e. The van der Waals surface area contributed by atoms with E-state index in [-0.39, 0.29) is 24.8 Å². The standard InChI is InChI=1S/C8H9.2ClH.Ti/c1-7-4-3-5-8(2)6-7;;;/h4-6H,1-2H3;2*1H;. The number of hydrogen-bond donors (Lipinski definition) is 0. The second-order valence-electron chi connectivity index (χ2n) is 2.38. The number of benzene rings is 1. The van der Waals surface area contributed by atoms with Crippen molar-refractivity contribution in [2.24, 2.45) is 0 Å². The Kier molecular flexibility index (Phi) is 7.77. The molecule has 0 unspecified atom stereocenters. The molecule has 0 saturated carbocycles. The molecular weight excluding hydrogens is 215 g/mol. The van der Waals surface area contributed by atoms with Crippen LogP contribution in [0.25, 0.3) is 0 Å². The van der Waals surface area contributed by atoms with Crippen LogP contribution in [0.1, 0.15) is 11.1 Å². The van der Waals surface area contributed by atoms with Crippen molar-refractivity contribution in [1.82, 2.24) is 0 Å². The van der Waals surface area contributed by atoms with Crippen molar-refractivity contribution in [2.45, 2.75) is 13.8 Å². The van der Waals surface area contributed by atoms with E-state index in [1.165, 1.54) is 15.0 Å². The van der Waals surface area contributed by atoms with Crippen molar-refractivity contribution in [3.63, 3.8) is 0 Å². The van der Waals surface area contributed by atoms with Crippen molar-refractivity contribution < 1.29 is 20.4 Å². The molecular formula is C8H11Cl2Ti. The molecule has 0 spiro atoms. The first-order chi connectivity index (χ1) is 4.18. The monoisotopic (exact) mass is 225 g/mol. The van der Waals surface area contributed by atoms with Crippen LogP contribution in [-0.4, -0.2) is 0 Å². The van der Waals surface area contributed by atoms with Gasteiger partial charge in [-0.15, -0.1) is 24.8 Å². The normalized spacial score (nSPS) is 7.73. The van der Waals surface area contributed by atoms with Gasteiger partial charge in [-0.25, -0.2) is 0 Å². The van der Waals surface area contributed by atoms with Gasteiger partial charge < -0.3 is 0 Å². The van der Waals surface area contributed by atoms with Gasteiger partial charge in [0.2, 0.25) is 0 Å². The molecule has 0 aliphatic heterocycles. The van der Waals surface area contributed by atoms with Gasteiger partial charge >= 0.3 is 67.5 Å². The van der Waals surface area contributed by atoms with Crippen LogP contribution in [0.2, 0.25) is 0 Å². The molecule has 0 bridgehead atoms. The molecule has 0 fully saturated rings. The average Bonchev–Trinajstić information content (AvgIpc) is 1.59. The van der Waals surface area contributed by atoms with Crippen molar-refractivity contribution in [3.05, 3.63) is 29.3 Å². The van der Waals surface area contributed by atoms with E-state index in [9.17, 15) is 0 Å². The molecule has 0 aliphatic rings. The summed E-state index contributed by atoms with van der Waals surface area (Å²) in [6.07, 6.45) is 0. The summed E-state index contributed by atoms with van der Waals surface area (Å²) in [7, 11) is 0. The molecule has 1 aromatic carbocycles. The Bertz CT molecular complexity index is 173. The molecule has 0 heterocycles. The Hall–Kier alpha value is 0.514. The molecule has 1 rings (SSSR count). The predicted molar refractivity (Wildman–Crippen MR) is 50.0 cm³/mol. The first-order valence-corrected chi connectivity index (χ1v) is 3.76. The van der Waals surface area contributed by atoms with Gasteiger partial charge in [0.05, 0.1) is 0 Å². The van der Waals surface area contributed by atoms with Gasteiger partial charge in [0, 0.05) is 0 Å². The zero-order valence-electron chi connectivity index (χ0n) is 6.55. The summed E-state index contributed by atoms with van der Waals surface area (Å²) in [6, 6.07) is 6.56. The fraction of sp³-hybridized carbons (Fsp3) is 0.250. The van der Waals surface area contributed by atoms with E-state index >= 15 is 0 Å². The van der Waals surface area contributed by atoms with E-state index in [0.29, 0.717) is 0 Å². The van der Waals surface area contributed by atoms with Crippen LogP contribution in [0.3, 0.4) is 0 Å². The zero-order chi connectivity index (χ0) is 6.85. The van der Waals surface area contributed by atoms with Crippen LogP contribution < -0.4 is 3.87 Å². The minimum absolute atomic E-state index is 0. The van der Waals surface area contributed by atoms with E-state index in [0.717, 1.165) is 0 Å². The van der Waals surface area contributed by atoms with Gasteiger partial charge in [-0.1, -0.05) is 0 Å². The van der Waals surface area contributed by atoms with E-state index in [2.05, 4.69) is 52.5 Å². The summed E-state index contributed by atoms with van der Waals surface area (Å²) in [5.41, 5.74) is 2.71. The van der Waals surface area contributed by atoms with Gasteiger partial charge in [0.15, 0.2) is 0 Å². The third-order valence-corrected chi connectivity index (χ3v) is 1.67. The second-order valence-corrected chi connectivity index (χ2v) is 3.28. The van der Waals surface area contributed by atoms with Crippen molar-refractivity contribution in [3.8, 4) is 0 Å². The van der Waals surface area contributed by atoms with Crippen LogP contribution in [-0.2, 0) is 20.4 Å².